The number of Topliss-reactive ketones (excluding diaryl/α,β-unsaturated/α-hetero) is 1. The third-order valence-electron chi connectivity index (χ3n) is 7.83. The van der Waals surface area contributed by atoms with E-state index in [9.17, 15) is 19.8 Å². The molecular formula is C29H36N2O4. The average Bonchev–Trinajstić information content (AvgIpc) is 3.14. The summed E-state index contributed by atoms with van der Waals surface area (Å²) in [4.78, 5) is 30.1. The second-order valence-electron chi connectivity index (χ2n) is 11.2. The molecule has 2 aromatic rings. The monoisotopic (exact) mass is 476 g/mol. The van der Waals surface area contributed by atoms with E-state index in [4.69, 9.17) is 0 Å². The molecule has 35 heavy (non-hydrogen) atoms. The Bertz CT molecular complexity index is 1170. The van der Waals surface area contributed by atoms with Crippen LogP contribution >= 0.6 is 0 Å². The molecule has 2 N–H and O–H groups in total. The Hall–Kier alpha value is -2.96. The number of carbonyl (C=O) groups excluding carboxylic acids is 1. The molecule has 1 saturated heterocycles. The van der Waals surface area contributed by atoms with Gasteiger partial charge in [0.2, 0.25) is 11.5 Å². The van der Waals surface area contributed by atoms with Gasteiger partial charge in [-0.25, -0.2) is 4.79 Å². The van der Waals surface area contributed by atoms with Crippen LogP contribution in [0.1, 0.15) is 69.4 Å². The molecule has 2 heterocycles. The third kappa shape index (κ3) is 3.99. The van der Waals surface area contributed by atoms with E-state index in [0.717, 1.165) is 6.42 Å². The van der Waals surface area contributed by atoms with Gasteiger partial charge in [-0.3, -0.25) is 9.69 Å². The maximum absolute atomic E-state index is 13.9. The number of nitrogens with zero attached hydrogens (tertiary/aromatic N) is 2. The Balaban J connectivity index is 1.83. The Kier molecular flexibility index (Phi) is 6.18. The van der Waals surface area contributed by atoms with E-state index in [0.29, 0.717) is 23.7 Å². The molecule has 186 valence electrons. The standard InChI is InChI=1S/C29H36N2O4/c1-19(2)31-27(3,4)16-21(28(31,5)6)17-30-18-23(20-12-8-7-9-13-20)25(32)29(30,35)24-15-11-10-14-22(24)26(33)34/h7-15,18-19,21,35H,16-17H2,1-6H3,(H,33,34). The first kappa shape index (κ1) is 25.1. The normalized spacial score (nSPS) is 25.8. The van der Waals surface area contributed by atoms with E-state index < -0.39 is 17.5 Å². The van der Waals surface area contributed by atoms with Gasteiger partial charge in [0, 0.05) is 41.0 Å². The lowest BCUT2D eigenvalue weighted by molar-refractivity contribution is -0.149. The topological polar surface area (TPSA) is 81.1 Å². The highest BCUT2D eigenvalue weighted by Crippen LogP contribution is 2.49. The maximum Gasteiger partial charge on any atom is 0.336 e. The minimum absolute atomic E-state index is 0.0604. The Morgan fingerprint density at radius 1 is 1.03 bits per heavy atom. The van der Waals surface area contributed by atoms with Crippen molar-refractivity contribution in [2.75, 3.05) is 6.54 Å². The highest BCUT2D eigenvalue weighted by molar-refractivity contribution is 6.26. The number of aromatic carboxylic acids is 1. The molecule has 2 aromatic carbocycles. The molecule has 2 aliphatic rings. The zero-order valence-electron chi connectivity index (χ0n) is 21.4. The fourth-order valence-electron chi connectivity index (χ4n) is 6.70. The van der Waals surface area contributed by atoms with Crippen molar-refractivity contribution in [1.82, 2.24) is 9.80 Å². The van der Waals surface area contributed by atoms with Crippen LogP contribution in [-0.2, 0) is 10.5 Å². The van der Waals surface area contributed by atoms with Crippen molar-refractivity contribution in [1.29, 1.82) is 0 Å². The van der Waals surface area contributed by atoms with Crippen molar-refractivity contribution >= 4 is 17.3 Å². The first-order valence-electron chi connectivity index (χ1n) is 12.2. The van der Waals surface area contributed by atoms with Crippen molar-refractivity contribution < 1.29 is 19.8 Å². The van der Waals surface area contributed by atoms with Crippen molar-refractivity contribution in [3.05, 3.63) is 77.5 Å². The molecule has 0 radical (unpaired) electrons. The van der Waals surface area contributed by atoms with Crippen molar-refractivity contribution in [2.45, 2.75) is 70.8 Å². The van der Waals surface area contributed by atoms with Crippen molar-refractivity contribution in [3.8, 4) is 0 Å². The van der Waals surface area contributed by atoms with Crippen LogP contribution in [0.2, 0.25) is 0 Å². The summed E-state index contributed by atoms with van der Waals surface area (Å²) in [5.74, 6) is -1.56. The lowest BCUT2D eigenvalue weighted by Crippen LogP contribution is -2.55. The molecule has 0 spiro atoms. The molecule has 6 heteroatoms. The number of carboxylic acids is 1. The van der Waals surface area contributed by atoms with E-state index >= 15 is 0 Å². The molecule has 4 rings (SSSR count). The van der Waals surface area contributed by atoms with Crippen LogP contribution in [-0.4, -0.2) is 55.4 Å². The summed E-state index contributed by atoms with van der Waals surface area (Å²) < 4.78 is 0. The van der Waals surface area contributed by atoms with Crippen LogP contribution in [0, 0.1) is 5.92 Å². The van der Waals surface area contributed by atoms with Gasteiger partial charge in [0.15, 0.2) is 0 Å². The van der Waals surface area contributed by atoms with E-state index in [2.05, 4.69) is 46.4 Å². The number of hydrogen-bond acceptors (Lipinski definition) is 5. The van der Waals surface area contributed by atoms with Gasteiger partial charge in [0.25, 0.3) is 0 Å². The van der Waals surface area contributed by atoms with Gasteiger partial charge < -0.3 is 15.1 Å². The van der Waals surface area contributed by atoms with Gasteiger partial charge in [-0.1, -0.05) is 48.5 Å². The molecule has 2 aliphatic heterocycles. The zero-order chi connectivity index (χ0) is 25.8. The average molecular weight is 477 g/mol. The lowest BCUT2D eigenvalue weighted by atomic mass is 9.84. The zero-order valence-corrected chi connectivity index (χ0v) is 21.4. The van der Waals surface area contributed by atoms with Crippen molar-refractivity contribution in [3.63, 3.8) is 0 Å². The number of carbonyl (C=O) groups is 2. The molecule has 1 fully saturated rings. The fourth-order valence-corrected chi connectivity index (χ4v) is 6.70. The molecule has 0 saturated carbocycles. The molecule has 0 bridgehead atoms. The van der Waals surface area contributed by atoms with Gasteiger partial charge >= 0.3 is 5.97 Å². The predicted octanol–water partition coefficient (Wildman–Crippen LogP) is 4.74. The molecule has 2 unspecified atom stereocenters. The minimum atomic E-state index is -2.11. The maximum atomic E-state index is 13.9. The Morgan fingerprint density at radius 3 is 2.20 bits per heavy atom. The smallest absolute Gasteiger partial charge is 0.336 e. The van der Waals surface area contributed by atoms with Crippen LogP contribution in [0.5, 0.6) is 0 Å². The van der Waals surface area contributed by atoms with Gasteiger partial charge in [0.1, 0.15) is 0 Å². The summed E-state index contributed by atoms with van der Waals surface area (Å²) in [5, 5.41) is 22.0. The van der Waals surface area contributed by atoms with Gasteiger partial charge in [-0.15, -0.1) is 0 Å². The predicted molar refractivity (Wildman–Crippen MR) is 137 cm³/mol. The summed E-state index contributed by atoms with van der Waals surface area (Å²) >= 11 is 0. The number of benzene rings is 2. The fraction of sp³-hybridized carbons (Fsp3) is 0.448. The van der Waals surface area contributed by atoms with E-state index in [-0.39, 0.29) is 28.1 Å². The van der Waals surface area contributed by atoms with Crippen molar-refractivity contribution in [2.24, 2.45) is 5.92 Å². The largest absolute Gasteiger partial charge is 0.478 e. The lowest BCUT2D eigenvalue weighted by Gasteiger charge is -2.45. The quantitative estimate of drug-likeness (QED) is 0.627. The van der Waals surface area contributed by atoms with Crippen LogP contribution in [0.25, 0.3) is 5.57 Å². The Labute approximate surface area is 207 Å². The second-order valence-corrected chi connectivity index (χ2v) is 11.2. The van der Waals surface area contributed by atoms with Crippen LogP contribution < -0.4 is 0 Å². The minimum Gasteiger partial charge on any atom is -0.478 e. The van der Waals surface area contributed by atoms with E-state index in [1.54, 1.807) is 29.3 Å². The third-order valence-corrected chi connectivity index (χ3v) is 7.83. The van der Waals surface area contributed by atoms with E-state index in [1.807, 2.05) is 30.3 Å². The number of carboxylic acid groups (broad SMARTS) is 1. The van der Waals surface area contributed by atoms with Crippen LogP contribution in [0.4, 0.5) is 0 Å². The SMILES string of the molecule is CC(C)N1C(C)(C)CC(CN2C=C(c3ccccc3)C(=O)C2(O)c2ccccc2C(=O)O)C1(C)C. The first-order valence-corrected chi connectivity index (χ1v) is 12.2. The summed E-state index contributed by atoms with van der Waals surface area (Å²) in [5.41, 5.74) is -1.27. The summed E-state index contributed by atoms with van der Waals surface area (Å²) in [6.45, 7) is 13.7. The molecule has 2 atom stereocenters. The van der Waals surface area contributed by atoms with Gasteiger partial charge in [-0.2, -0.15) is 0 Å². The first-order chi connectivity index (χ1) is 16.3. The number of ketones is 1. The van der Waals surface area contributed by atoms with E-state index in [1.165, 1.54) is 6.07 Å². The van der Waals surface area contributed by atoms with Gasteiger partial charge in [0.05, 0.1) is 5.56 Å². The molecule has 6 nitrogen and oxygen atoms in total. The summed E-state index contributed by atoms with van der Waals surface area (Å²) in [6.07, 6.45) is 2.60. The molecule has 0 aliphatic carbocycles. The Morgan fingerprint density at radius 2 is 1.63 bits per heavy atom. The molecule has 0 amide bonds. The molecule has 0 aromatic heterocycles. The highest BCUT2D eigenvalue weighted by atomic mass is 16.4. The number of aliphatic hydroxyl groups is 1. The van der Waals surface area contributed by atoms with Crippen LogP contribution in [0.15, 0.2) is 60.8 Å². The summed E-state index contributed by atoms with van der Waals surface area (Å²) in [6, 6.07) is 15.8. The second kappa shape index (κ2) is 8.61. The van der Waals surface area contributed by atoms with Gasteiger partial charge in [-0.05, 0) is 65.5 Å². The summed E-state index contributed by atoms with van der Waals surface area (Å²) in [7, 11) is 0. The number of hydrogen-bond donors (Lipinski definition) is 2. The number of rotatable bonds is 6. The van der Waals surface area contributed by atoms with Crippen LogP contribution in [0.3, 0.4) is 0 Å². The molecular weight excluding hydrogens is 440 g/mol. The highest BCUT2D eigenvalue weighted by Gasteiger charge is 2.56. The number of likely N-dealkylation sites (tertiary alicyclic amines) is 1.